The molecule has 9 heteroatoms. The van der Waals surface area contributed by atoms with Crippen LogP contribution < -0.4 is 10.9 Å². The Balaban J connectivity index is 1.52. The Morgan fingerprint density at radius 3 is 2.75 bits per heavy atom. The highest BCUT2D eigenvalue weighted by atomic mass is 32.1. The van der Waals surface area contributed by atoms with Crippen LogP contribution in [0, 0.1) is 13.8 Å². The van der Waals surface area contributed by atoms with Crippen LogP contribution in [-0.4, -0.2) is 30.0 Å². The summed E-state index contributed by atoms with van der Waals surface area (Å²) < 4.78 is 2.85. The van der Waals surface area contributed by atoms with Crippen molar-refractivity contribution in [1.82, 2.24) is 24.1 Å². The van der Waals surface area contributed by atoms with E-state index in [0.717, 1.165) is 11.3 Å². The molecular weight excluding hydrogens is 376 g/mol. The summed E-state index contributed by atoms with van der Waals surface area (Å²) in [6.07, 6.45) is 2.85. The molecule has 8 nitrogen and oxygen atoms in total. The number of benzene rings is 1. The number of fused-ring (bicyclic) bond motifs is 1. The van der Waals surface area contributed by atoms with Crippen LogP contribution in [-0.2, 0) is 18.4 Å². The van der Waals surface area contributed by atoms with Gasteiger partial charge in [0.2, 0.25) is 5.91 Å². The van der Waals surface area contributed by atoms with Crippen molar-refractivity contribution < 1.29 is 4.79 Å². The van der Waals surface area contributed by atoms with Gasteiger partial charge < -0.3 is 14.5 Å². The van der Waals surface area contributed by atoms with Crippen molar-refractivity contribution in [3.8, 4) is 11.3 Å². The number of aryl methyl sites for hydroxylation is 3. The molecule has 0 atom stereocenters. The van der Waals surface area contributed by atoms with E-state index in [4.69, 9.17) is 0 Å². The van der Waals surface area contributed by atoms with Crippen molar-refractivity contribution >= 4 is 33.5 Å². The lowest BCUT2D eigenvalue weighted by Crippen LogP contribution is -2.23. The summed E-state index contributed by atoms with van der Waals surface area (Å²) in [6, 6.07) is 6.15. The molecule has 4 aromatic rings. The van der Waals surface area contributed by atoms with E-state index in [9.17, 15) is 9.59 Å². The van der Waals surface area contributed by atoms with Crippen LogP contribution in [0.4, 0.5) is 5.13 Å². The Bertz CT molecular complexity index is 1250. The summed E-state index contributed by atoms with van der Waals surface area (Å²) in [6.45, 7) is 4.08. The van der Waals surface area contributed by atoms with E-state index >= 15 is 0 Å². The minimum Gasteiger partial charge on any atom is -0.315 e. The third-order valence-corrected chi connectivity index (χ3v) is 5.32. The van der Waals surface area contributed by atoms with Crippen LogP contribution in [0.3, 0.4) is 0 Å². The van der Waals surface area contributed by atoms with Crippen molar-refractivity contribution in [2.24, 2.45) is 7.05 Å². The maximum absolute atomic E-state index is 12.4. The van der Waals surface area contributed by atoms with Gasteiger partial charge in [-0.1, -0.05) is 12.1 Å². The molecule has 28 heavy (non-hydrogen) atoms. The molecule has 0 bridgehead atoms. The van der Waals surface area contributed by atoms with Crippen molar-refractivity contribution in [3.05, 3.63) is 57.7 Å². The highest BCUT2D eigenvalue weighted by Gasteiger charge is 2.14. The molecule has 0 unspecified atom stereocenters. The smallest absolute Gasteiger partial charge is 0.279 e. The number of rotatable bonds is 4. The number of carbonyl (C=O) groups excluding carboxylic acids is 1. The highest BCUT2D eigenvalue weighted by molar-refractivity contribution is 7.14. The second kappa shape index (κ2) is 7.01. The molecule has 0 aliphatic carbocycles. The molecule has 0 fully saturated rings. The Hall–Kier alpha value is -3.33. The quantitative estimate of drug-likeness (QED) is 0.574. The van der Waals surface area contributed by atoms with Crippen LogP contribution >= 0.6 is 11.3 Å². The molecule has 142 valence electrons. The van der Waals surface area contributed by atoms with E-state index in [1.807, 2.05) is 11.4 Å². The number of nitrogens with one attached hydrogen (secondary N) is 1. The predicted octanol–water partition coefficient (Wildman–Crippen LogP) is 2.51. The van der Waals surface area contributed by atoms with Gasteiger partial charge in [0.25, 0.3) is 5.56 Å². The summed E-state index contributed by atoms with van der Waals surface area (Å²) in [5.41, 5.74) is 4.61. The Labute approximate surface area is 164 Å². The number of hydrogen-bond donors (Lipinski definition) is 1. The lowest BCUT2D eigenvalue weighted by Gasteiger charge is -2.05. The average Bonchev–Trinajstić information content (AvgIpc) is 3.28. The van der Waals surface area contributed by atoms with Gasteiger partial charge in [0.1, 0.15) is 6.54 Å². The first-order chi connectivity index (χ1) is 13.4. The molecule has 1 N–H and O–H groups in total. The molecule has 3 aromatic heterocycles. The molecule has 0 spiro atoms. The number of aromatic nitrogens is 5. The Morgan fingerprint density at radius 2 is 1.96 bits per heavy atom. The van der Waals surface area contributed by atoms with Gasteiger partial charge in [-0.15, -0.1) is 11.3 Å². The molecule has 0 saturated carbocycles. The average molecular weight is 394 g/mol. The van der Waals surface area contributed by atoms with E-state index in [-0.39, 0.29) is 18.0 Å². The maximum Gasteiger partial charge on any atom is 0.279 e. The lowest BCUT2D eigenvalue weighted by molar-refractivity contribution is -0.116. The van der Waals surface area contributed by atoms with Crippen LogP contribution in [0.25, 0.3) is 22.4 Å². The van der Waals surface area contributed by atoms with Crippen molar-refractivity contribution in [2.75, 3.05) is 5.32 Å². The predicted molar refractivity (Wildman–Crippen MR) is 108 cm³/mol. The fraction of sp³-hybridized carbons (Fsp3) is 0.211. The number of amides is 1. The topological polar surface area (TPSA) is 94.7 Å². The molecule has 1 aromatic carbocycles. The van der Waals surface area contributed by atoms with Crippen LogP contribution in [0.2, 0.25) is 0 Å². The van der Waals surface area contributed by atoms with E-state index < -0.39 is 0 Å². The first-order valence-electron chi connectivity index (χ1n) is 8.62. The van der Waals surface area contributed by atoms with Crippen LogP contribution in [0.1, 0.15) is 11.1 Å². The van der Waals surface area contributed by atoms with Gasteiger partial charge in [-0.3, -0.25) is 9.59 Å². The number of imidazole rings is 1. The Kier molecular flexibility index (Phi) is 4.52. The number of thiazole rings is 1. The largest absolute Gasteiger partial charge is 0.315 e. The summed E-state index contributed by atoms with van der Waals surface area (Å²) in [5.74, 6) is -0.286. The van der Waals surface area contributed by atoms with Gasteiger partial charge in [-0.05, 0) is 31.0 Å². The molecule has 3 heterocycles. The van der Waals surface area contributed by atoms with Gasteiger partial charge in [0.05, 0.1) is 18.3 Å². The van der Waals surface area contributed by atoms with Crippen LogP contribution in [0.5, 0.6) is 0 Å². The standard InChI is InChI=1S/C19H18N6O2S/c1-11-4-5-13(6-12(11)2)14-8-28-19(22-14)23-15(26)7-25-10-21-17-16(25)18(27)24(3)9-20-17/h4-6,8-10H,7H2,1-3H3,(H,22,23,26). The van der Waals surface area contributed by atoms with Gasteiger partial charge >= 0.3 is 0 Å². The number of carbonyl (C=O) groups is 1. The van der Waals surface area contributed by atoms with E-state index in [2.05, 4.69) is 46.2 Å². The summed E-state index contributed by atoms with van der Waals surface area (Å²) in [7, 11) is 1.61. The first kappa shape index (κ1) is 18.1. The van der Waals surface area contributed by atoms with Gasteiger partial charge in [0.15, 0.2) is 16.3 Å². The molecule has 0 radical (unpaired) electrons. The zero-order valence-electron chi connectivity index (χ0n) is 15.6. The molecular formula is C19H18N6O2S. The summed E-state index contributed by atoms with van der Waals surface area (Å²) >= 11 is 1.36. The minimum absolute atomic E-state index is 0.0456. The number of nitrogens with zero attached hydrogens (tertiary/aromatic N) is 5. The first-order valence-corrected chi connectivity index (χ1v) is 9.50. The summed E-state index contributed by atoms with van der Waals surface area (Å²) in [4.78, 5) is 37.4. The molecule has 0 aliphatic heterocycles. The normalized spacial score (nSPS) is 11.1. The number of hydrogen-bond acceptors (Lipinski definition) is 6. The van der Waals surface area contributed by atoms with E-state index in [0.29, 0.717) is 16.3 Å². The van der Waals surface area contributed by atoms with Crippen molar-refractivity contribution in [1.29, 1.82) is 0 Å². The van der Waals surface area contributed by atoms with Crippen molar-refractivity contribution in [3.63, 3.8) is 0 Å². The maximum atomic E-state index is 12.4. The highest BCUT2D eigenvalue weighted by Crippen LogP contribution is 2.26. The third kappa shape index (κ3) is 3.31. The summed E-state index contributed by atoms with van der Waals surface area (Å²) in [5, 5.41) is 5.20. The van der Waals surface area contributed by atoms with Crippen molar-refractivity contribution in [2.45, 2.75) is 20.4 Å². The second-order valence-electron chi connectivity index (χ2n) is 6.59. The second-order valence-corrected chi connectivity index (χ2v) is 7.45. The molecule has 0 aliphatic rings. The zero-order chi connectivity index (χ0) is 19.8. The molecule has 1 amide bonds. The minimum atomic E-state index is -0.286. The number of anilines is 1. The van der Waals surface area contributed by atoms with E-state index in [1.54, 1.807) is 7.05 Å². The molecule has 4 rings (SSSR count). The molecule has 0 saturated heterocycles. The van der Waals surface area contributed by atoms with Crippen LogP contribution in [0.15, 0.2) is 41.0 Å². The van der Waals surface area contributed by atoms with Gasteiger partial charge in [-0.25, -0.2) is 15.0 Å². The lowest BCUT2D eigenvalue weighted by atomic mass is 10.1. The monoisotopic (exact) mass is 394 g/mol. The SMILES string of the molecule is Cc1ccc(-c2csc(NC(=O)Cn3cnc4ncn(C)c(=O)c43)n2)cc1C. The fourth-order valence-electron chi connectivity index (χ4n) is 2.84. The Morgan fingerprint density at radius 1 is 1.18 bits per heavy atom. The van der Waals surface area contributed by atoms with Gasteiger partial charge in [-0.2, -0.15) is 0 Å². The zero-order valence-corrected chi connectivity index (χ0v) is 16.4. The van der Waals surface area contributed by atoms with E-state index in [1.165, 1.54) is 44.3 Å². The van der Waals surface area contributed by atoms with Gasteiger partial charge in [0, 0.05) is 18.0 Å². The fourth-order valence-corrected chi connectivity index (χ4v) is 3.58. The third-order valence-electron chi connectivity index (χ3n) is 4.56.